The Morgan fingerprint density at radius 3 is 3.07 bits per heavy atom. The molecule has 0 saturated heterocycles. The average Bonchev–Trinajstić information content (AvgIpc) is 2.63. The molecule has 2 heterocycles. The minimum Gasteiger partial charge on any atom is -0.356 e. The van der Waals surface area contributed by atoms with E-state index >= 15 is 0 Å². The highest BCUT2D eigenvalue weighted by Gasteiger charge is 2.05. The first-order valence-corrected chi connectivity index (χ1v) is 4.36. The second-order valence-electron chi connectivity index (χ2n) is 2.84. The van der Waals surface area contributed by atoms with Gasteiger partial charge in [0.15, 0.2) is 5.52 Å². The van der Waals surface area contributed by atoms with Crippen molar-refractivity contribution in [2.24, 2.45) is 0 Å². The molecule has 74 valence electrons. The Hall–Kier alpha value is -1.92. The fourth-order valence-electron chi connectivity index (χ4n) is 1.08. The van der Waals surface area contributed by atoms with E-state index in [0.717, 1.165) is 13.0 Å². The molecule has 3 N–H and O–H groups in total. The number of fused-ring (bicyclic) bond motifs is 1. The van der Waals surface area contributed by atoms with E-state index in [0.29, 0.717) is 11.6 Å². The van der Waals surface area contributed by atoms with Crippen molar-refractivity contribution in [3.05, 3.63) is 10.4 Å². The van der Waals surface area contributed by atoms with Crippen molar-refractivity contribution in [3.8, 4) is 0 Å². The second-order valence-corrected chi connectivity index (χ2v) is 2.84. The Kier molecular flexibility index (Phi) is 2.13. The van der Waals surface area contributed by atoms with E-state index in [1.807, 2.05) is 6.92 Å². The Morgan fingerprint density at radius 2 is 2.29 bits per heavy atom. The molecular formula is C7H10N6O. The molecule has 14 heavy (non-hydrogen) atoms. The van der Waals surface area contributed by atoms with Crippen LogP contribution < -0.4 is 10.9 Å². The van der Waals surface area contributed by atoms with Crippen LogP contribution in [0.5, 0.6) is 0 Å². The highest BCUT2D eigenvalue weighted by atomic mass is 16.1. The summed E-state index contributed by atoms with van der Waals surface area (Å²) in [6.07, 6.45) is 0.959. The molecule has 0 amide bonds. The number of aromatic nitrogens is 5. The van der Waals surface area contributed by atoms with Crippen molar-refractivity contribution >= 4 is 17.1 Å². The summed E-state index contributed by atoms with van der Waals surface area (Å²) in [4.78, 5) is 18.0. The molecule has 2 aromatic heterocycles. The molecule has 0 aliphatic carbocycles. The van der Waals surface area contributed by atoms with Crippen LogP contribution in [0.1, 0.15) is 13.3 Å². The predicted molar refractivity (Wildman–Crippen MR) is 51.1 cm³/mol. The topological polar surface area (TPSA) is 99.3 Å². The SMILES string of the molecule is CCCNc1nc2n[nH]nc2c(=O)[nH]1. The summed E-state index contributed by atoms with van der Waals surface area (Å²) >= 11 is 0. The van der Waals surface area contributed by atoms with E-state index in [4.69, 9.17) is 0 Å². The van der Waals surface area contributed by atoms with Gasteiger partial charge in [-0.05, 0) is 6.42 Å². The molecular weight excluding hydrogens is 184 g/mol. The van der Waals surface area contributed by atoms with E-state index in [-0.39, 0.29) is 11.1 Å². The maximum absolute atomic E-state index is 11.4. The first-order valence-electron chi connectivity index (χ1n) is 4.36. The fraction of sp³-hybridized carbons (Fsp3) is 0.429. The van der Waals surface area contributed by atoms with Crippen LogP contribution in [0.15, 0.2) is 4.79 Å². The quantitative estimate of drug-likeness (QED) is 0.631. The number of hydrogen-bond donors (Lipinski definition) is 3. The van der Waals surface area contributed by atoms with Crippen molar-refractivity contribution in [1.29, 1.82) is 0 Å². The minimum atomic E-state index is -0.289. The third-order valence-corrected chi connectivity index (χ3v) is 1.74. The number of anilines is 1. The molecule has 0 aliphatic heterocycles. The smallest absolute Gasteiger partial charge is 0.282 e. The van der Waals surface area contributed by atoms with E-state index in [2.05, 4.69) is 30.7 Å². The van der Waals surface area contributed by atoms with Crippen molar-refractivity contribution in [2.75, 3.05) is 11.9 Å². The first kappa shape index (κ1) is 8.67. The summed E-state index contributed by atoms with van der Waals surface area (Å²) < 4.78 is 0. The number of hydrogen-bond acceptors (Lipinski definition) is 5. The average molecular weight is 194 g/mol. The summed E-state index contributed by atoms with van der Waals surface area (Å²) in [5.41, 5.74) is 0.266. The Labute approximate surface area is 78.9 Å². The second kappa shape index (κ2) is 3.44. The number of nitrogens with one attached hydrogen (secondary N) is 3. The van der Waals surface area contributed by atoms with Gasteiger partial charge in [-0.1, -0.05) is 6.92 Å². The van der Waals surface area contributed by atoms with Crippen LogP contribution >= 0.6 is 0 Å². The van der Waals surface area contributed by atoms with Crippen LogP contribution in [0.2, 0.25) is 0 Å². The summed E-state index contributed by atoms with van der Waals surface area (Å²) in [7, 11) is 0. The molecule has 0 saturated carbocycles. The van der Waals surface area contributed by atoms with Crippen LogP contribution in [-0.2, 0) is 0 Å². The zero-order chi connectivity index (χ0) is 9.97. The normalized spacial score (nSPS) is 10.6. The molecule has 0 aliphatic rings. The van der Waals surface area contributed by atoms with Crippen LogP contribution in [0, 0.1) is 0 Å². The van der Waals surface area contributed by atoms with Gasteiger partial charge >= 0.3 is 0 Å². The Bertz CT molecular complexity index is 486. The predicted octanol–water partition coefficient (Wildman–Crippen LogP) is -0.137. The highest BCUT2D eigenvalue weighted by Crippen LogP contribution is 2.00. The standard InChI is InChI=1S/C7H10N6O/c1-2-3-8-7-9-5-4(6(14)10-7)11-13-12-5/h2-3H2,1H3,(H3,8,9,10,11,12,13,14). The first-order chi connectivity index (χ1) is 6.81. The zero-order valence-corrected chi connectivity index (χ0v) is 7.66. The molecule has 0 unspecified atom stereocenters. The highest BCUT2D eigenvalue weighted by molar-refractivity contribution is 5.68. The van der Waals surface area contributed by atoms with E-state index in [1.165, 1.54) is 0 Å². The summed E-state index contributed by atoms with van der Waals surface area (Å²) in [5, 5.41) is 12.7. The lowest BCUT2D eigenvalue weighted by Crippen LogP contribution is -2.13. The van der Waals surface area contributed by atoms with Crippen LogP contribution in [0.25, 0.3) is 11.2 Å². The van der Waals surface area contributed by atoms with Crippen molar-refractivity contribution < 1.29 is 0 Å². The van der Waals surface area contributed by atoms with Crippen LogP contribution in [0.3, 0.4) is 0 Å². The van der Waals surface area contributed by atoms with Gasteiger partial charge in [-0.3, -0.25) is 9.78 Å². The Morgan fingerprint density at radius 1 is 1.43 bits per heavy atom. The molecule has 0 atom stereocenters. The van der Waals surface area contributed by atoms with Gasteiger partial charge in [-0.25, -0.2) is 0 Å². The number of nitrogens with zero attached hydrogens (tertiary/aromatic N) is 3. The van der Waals surface area contributed by atoms with E-state index < -0.39 is 0 Å². The van der Waals surface area contributed by atoms with E-state index in [9.17, 15) is 4.79 Å². The van der Waals surface area contributed by atoms with Crippen molar-refractivity contribution in [2.45, 2.75) is 13.3 Å². The van der Waals surface area contributed by atoms with Crippen LogP contribution in [0.4, 0.5) is 5.95 Å². The van der Waals surface area contributed by atoms with Gasteiger partial charge in [0.25, 0.3) is 5.56 Å². The van der Waals surface area contributed by atoms with Gasteiger partial charge in [0, 0.05) is 6.54 Å². The monoisotopic (exact) mass is 194 g/mol. The van der Waals surface area contributed by atoms with Gasteiger partial charge in [-0.2, -0.15) is 10.2 Å². The molecule has 0 bridgehead atoms. The minimum absolute atomic E-state index is 0.229. The fourth-order valence-corrected chi connectivity index (χ4v) is 1.08. The van der Waals surface area contributed by atoms with Crippen LogP contribution in [-0.4, -0.2) is 31.9 Å². The molecule has 0 aromatic carbocycles. The van der Waals surface area contributed by atoms with Gasteiger partial charge in [0.05, 0.1) is 0 Å². The molecule has 2 aromatic rings. The summed E-state index contributed by atoms with van der Waals surface area (Å²) in [6.45, 7) is 2.78. The zero-order valence-electron chi connectivity index (χ0n) is 7.66. The van der Waals surface area contributed by atoms with Gasteiger partial charge < -0.3 is 5.32 Å². The lowest BCUT2D eigenvalue weighted by Gasteiger charge is -2.00. The number of rotatable bonds is 3. The largest absolute Gasteiger partial charge is 0.356 e. The number of aromatic amines is 2. The maximum Gasteiger partial charge on any atom is 0.282 e. The molecule has 7 nitrogen and oxygen atoms in total. The van der Waals surface area contributed by atoms with Crippen molar-refractivity contribution in [1.82, 2.24) is 25.4 Å². The van der Waals surface area contributed by atoms with Crippen molar-refractivity contribution in [3.63, 3.8) is 0 Å². The summed E-state index contributed by atoms with van der Waals surface area (Å²) in [6, 6.07) is 0. The van der Waals surface area contributed by atoms with Gasteiger partial charge in [0.2, 0.25) is 11.6 Å². The van der Waals surface area contributed by atoms with Gasteiger partial charge in [-0.15, -0.1) is 10.2 Å². The maximum atomic E-state index is 11.4. The molecule has 2 rings (SSSR count). The molecule has 0 radical (unpaired) electrons. The molecule has 7 heteroatoms. The van der Waals surface area contributed by atoms with Gasteiger partial charge in [0.1, 0.15) is 0 Å². The number of H-pyrrole nitrogens is 2. The lowest BCUT2D eigenvalue weighted by atomic mass is 10.5. The molecule has 0 fully saturated rings. The lowest BCUT2D eigenvalue weighted by molar-refractivity contribution is 0.947. The molecule has 0 spiro atoms. The third-order valence-electron chi connectivity index (χ3n) is 1.74. The van der Waals surface area contributed by atoms with E-state index in [1.54, 1.807) is 0 Å². The third kappa shape index (κ3) is 1.43. The summed E-state index contributed by atoms with van der Waals surface area (Å²) in [5.74, 6) is 0.429. The Balaban J connectivity index is 2.43.